The van der Waals surface area contributed by atoms with Crippen molar-refractivity contribution in [3.8, 4) is 0 Å². The van der Waals surface area contributed by atoms with Gasteiger partial charge in [0.2, 0.25) is 0 Å². The Morgan fingerprint density at radius 1 is 0.750 bits per heavy atom. The number of aromatic nitrogens is 8. The lowest BCUT2D eigenvalue weighted by atomic mass is 10.4. The summed E-state index contributed by atoms with van der Waals surface area (Å²) < 4.78 is 18.9. The Morgan fingerprint density at radius 2 is 1.17 bits per heavy atom. The predicted molar refractivity (Wildman–Crippen MR) is 217 cm³/mol. The molecule has 0 atom stereocenters. The highest BCUT2D eigenvalue weighted by atomic mass is 79.9. The summed E-state index contributed by atoms with van der Waals surface area (Å²) in [7, 11) is 0.730. The summed E-state index contributed by atoms with van der Waals surface area (Å²) in [5.74, 6) is -0.110. The Balaban J connectivity index is 0.000000457. The van der Waals surface area contributed by atoms with Crippen LogP contribution in [-0.4, -0.2) is 84.6 Å². The summed E-state index contributed by atoms with van der Waals surface area (Å²) in [6.07, 6.45) is 0. The fourth-order valence-corrected chi connectivity index (χ4v) is 6.63. The standard InChI is InChI=1S/C15H23BrN4O4Si.C12H19BrN4O3Si.C3H5ClO.CH4/c1-10(21)8-19-13(22)11-12(18(2)15(19)23)17-14(16)20(11)9-24-6-7-25(3,4)5;1-16-9-8(10(18)15-12(16)19)17(11(13)14-9)7-20-5-6-21(2,3)4;1-3(5)2-4;/h6-9H2,1-5H3;5-7H2,1-4H3,(H,15,18,19);2H2,1H3;1H4. The summed E-state index contributed by atoms with van der Waals surface area (Å²) in [4.78, 5) is 80.4. The van der Waals surface area contributed by atoms with Gasteiger partial charge in [-0.1, -0.05) is 46.7 Å². The molecule has 0 spiro atoms. The lowest BCUT2D eigenvalue weighted by molar-refractivity contribution is -0.117. The van der Waals surface area contributed by atoms with E-state index in [0.717, 1.165) is 16.7 Å². The molecular weight excluding hydrogens is 864 g/mol. The van der Waals surface area contributed by atoms with Crippen molar-refractivity contribution in [2.24, 2.45) is 14.1 Å². The van der Waals surface area contributed by atoms with Gasteiger partial charge in [-0.05, 0) is 57.8 Å². The second-order valence-electron chi connectivity index (χ2n) is 14.2. The zero-order valence-electron chi connectivity index (χ0n) is 30.7. The molecular formula is C31H51Br2ClN8O8Si2. The quantitative estimate of drug-likeness (QED) is 0.0866. The Hall–Kier alpha value is -2.76. The number of H-pyrrole nitrogens is 1. The van der Waals surface area contributed by atoms with E-state index in [9.17, 15) is 28.8 Å². The zero-order chi connectivity index (χ0) is 39.0. The molecule has 292 valence electrons. The number of carbonyl (C=O) groups is 2. The molecule has 0 bridgehead atoms. The van der Waals surface area contributed by atoms with Crippen molar-refractivity contribution in [3.05, 3.63) is 51.1 Å². The summed E-state index contributed by atoms with van der Waals surface area (Å²) in [5.41, 5.74) is -0.880. The Morgan fingerprint density at radius 3 is 1.58 bits per heavy atom. The number of aryl methyl sites for hydroxylation is 2. The molecule has 52 heavy (non-hydrogen) atoms. The van der Waals surface area contributed by atoms with E-state index in [4.69, 9.17) is 21.1 Å². The Bertz CT molecular complexity index is 2110. The first kappa shape index (κ1) is 47.3. The molecule has 16 nitrogen and oxygen atoms in total. The van der Waals surface area contributed by atoms with E-state index in [2.05, 4.69) is 86.1 Å². The van der Waals surface area contributed by atoms with Crippen molar-refractivity contribution in [2.45, 2.75) is 92.7 Å². The number of imidazole rings is 2. The maximum absolute atomic E-state index is 12.7. The molecule has 0 aliphatic rings. The second-order valence-corrected chi connectivity index (χ2v) is 27.2. The number of ether oxygens (including phenoxy) is 2. The molecule has 4 rings (SSSR count). The van der Waals surface area contributed by atoms with Gasteiger partial charge in [-0.3, -0.25) is 47.0 Å². The number of ketones is 2. The minimum absolute atomic E-state index is 0. The zero-order valence-corrected chi connectivity index (χ0v) is 36.6. The molecule has 0 unspecified atom stereocenters. The number of nitrogens with zero attached hydrogens (tertiary/aromatic N) is 7. The third kappa shape index (κ3) is 13.3. The number of fused-ring (bicyclic) bond motifs is 2. The van der Waals surface area contributed by atoms with Crippen molar-refractivity contribution >= 4 is 93.5 Å². The molecule has 21 heteroatoms. The van der Waals surface area contributed by atoms with Crippen LogP contribution in [0.15, 0.2) is 28.6 Å². The van der Waals surface area contributed by atoms with Crippen LogP contribution in [0.3, 0.4) is 0 Å². The van der Waals surface area contributed by atoms with Gasteiger partial charge in [0.25, 0.3) is 11.1 Å². The number of hydrogen-bond donors (Lipinski definition) is 1. The van der Waals surface area contributed by atoms with Gasteiger partial charge in [0, 0.05) is 43.5 Å². The fourth-order valence-electron chi connectivity index (χ4n) is 4.22. The van der Waals surface area contributed by atoms with Crippen LogP contribution in [0, 0.1) is 0 Å². The third-order valence-corrected chi connectivity index (χ3v) is 12.1. The van der Waals surface area contributed by atoms with Gasteiger partial charge in [0.05, 0.1) is 12.4 Å². The van der Waals surface area contributed by atoms with Gasteiger partial charge in [-0.25, -0.2) is 19.6 Å². The summed E-state index contributed by atoms with van der Waals surface area (Å²) >= 11 is 11.6. The first-order valence-corrected chi connectivity index (χ1v) is 25.4. The average Bonchev–Trinajstić information content (AvgIpc) is 3.53. The molecule has 1 N–H and O–H groups in total. The molecule has 0 aromatic carbocycles. The van der Waals surface area contributed by atoms with Crippen LogP contribution >= 0.6 is 43.5 Å². The minimum atomic E-state index is -1.21. The SMILES string of the molecule is C.CC(=O)CCl.CC(=O)Cn1c(=O)c2c(nc(Br)n2COCC[Si](C)(C)C)n(C)c1=O.Cn1c(=O)[nH]c(=O)c2c1nc(Br)n2COCC[Si](C)(C)C. The Kier molecular flexibility index (Phi) is 18.2. The number of rotatable bonds is 13. The van der Waals surface area contributed by atoms with Crippen LogP contribution in [0.25, 0.3) is 22.3 Å². The monoisotopic (exact) mass is 912 g/mol. The van der Waals surface area contributed by atoms with Crippen molar-refractivity contribution in [1.82, 2.24) is 37.8 Å². The van der Waals surface area contributed by atoms with E-state index < -0.39 is 38.6 Å². The lowest BCUT2D eigenvalue weighted by Crippen LogP contribution is -2.41. The van der Waals surface area contributed by atoms with Gasteiger partial charge in [0.15, 0.2) is 31.8 Å². The van der Waals surface area contributed by atoms with Crippen LogP contribution in [0.1, 0.15) is 21.3 Å². The molecule has 0 aliphatic carbocycles. The summed E-state index contributed by atoms with van der Waals surface area (Å²) in [6.45, 7) is 17.7. The van der Waals surface area contributed by atoms with E-state index in [1.807, 2.05) is 0 Å². The first-order valence-electron chi connectivity index (χ1n) is 15.9. The maximum atomic E-state index is 12.7. The Labute approximate surface area is 325 Å². The normalized spacial score (nSPS) is 11.5. The molecule has 0 saturated carbocycles. The maximum Gasteiger partial charge on any atom is 0.332 e. The highest BCUT2D eigenvalue weighted by molar-refractivity contribution is 9.10. The molecule has 0 amide bonds. The van der Waals surface area contributed by atoms with E-state index in [0.29, 0.717) is 33.8 Å². The van der Waals surface area contributed by atoms with Gasteiger partial charge in [-0.2, -0.15) is 0 Å². The fraction of sp³-hybridized carbons (Fsp3) is 0.613. The largest absolute Gasteiger partial charge is 0.361 e. The predicted octanol–water partition coefficient (Wildman–Crippen LogP) is 4.51. The third-order valence-electron chi connectivity index (χ3n) is 7.15. The van der Waals surface area contributed by atoms with Gasteiger partial charge < -0.3 is 9.47 Å². The smallest absolute Gasteiger partial charge is 0.332 e. The van der Waals surface area contributed by atoms with Crippen molar-refractivity contribution in [1.29, 1.82) is 0 Å². The number of Topliss-reactive ketones (excluding diaryl/α,β-unsaturated/α-hetero) is 2. The minimum Gasteiger partial charge on any atom is -0.361 e. The second kappa shape index (κ2) is 20.1. The van der Waals surface area contributed by atoms with Crippen LogP contribution in [-0.2, 0) is 53.2 Å². The van der Waals surface area contributed by atoms with Crippen LogP contribution in [0.2, 0.25) is 51.4 Å². The first-order chi connectivity index (χ1) is 23.5. The highest BCUT2D eigenvalue weighted by Crippen LogP contribution is 2.18. The van der Waals surface area contributed by atoms with Crippen LogP contribution in [0.5, 0.6) is 0 Å². The number of halogens is 3. The highest BCUT2D eigenvalue weighted by Gasteiger charge is 2.21. The van der Waals surface area contributed by atoms with E-state index >= 15 is 0 Å². The molecule has 0 aliphatic heterocycles. The number of aromatic amines is 1. The summed E-state index contributed by atoms with van der Waals surface area (Å²) in [6, 6.07) is 2.05. The van der Waals surface area contributed by atoms with Gasteiger partial charge in [0.1, 0.15) is 25.0 Å². The molecule has 0 saturated heterocycles. The molecule has 4 aromatic rings. The van der Waals surface area contributed by atoms with Gasteiger partial charge >= 0.3 is 11.4 Å². The van der Waals surface area contributed by atoms with Crippen LogP contribution < -0.4 is 22.5 Å². The van der Waals surface area contributed by atoms with Crippen molar-refractivity contribution in [3.63, 3.8) is 0 Å². The number of nitrogens with one attached hydrogen (secondary N) is 1. The molecule has 0 fully saturated rings. The van der Waals surface area contributed by atoms with Crippen molar-refractivity contribution < 1.29 is 19.1 Å². The van der Waals surface area contributed by atoms with Gasteiger partial charge in [-0.15, -0.1) is 11.6 Å². The topological polar surface area (TPSA) is 187 Å². The summed E-state index contributed by atoms with van der Waals surface area (Å²) in [5, 5.41) is 0. The van der Waals surface area contributed by atoms with E-state index in [1.165, 1.54) is 30.0 Å². The molecule has 0 radical (unpaired) electrons. The number of hydrogen-bond acceptors (Lipinski definition) is 10. The molecule has 4 heterocycles. The number of alkyl halides is 1. The van der Waals surface area contributed by atoms with E-state index in [-0.39, 0.29) is 56.0 Å². The van der Waals surface area contributed by atoms with E-state index in [1.54, 1.807) is 16.2 Å². The average molecular weight is 915 g/mol. The molecule has 4 aromatic heterocycles. The van der Waals surface area contributed by atoms with Crippen molar-refractivity contribution in [2.75, 3.05) is 19.1 Å². The number of carbonyl (C=O) groups excluding carboxylic acids is 2. The van der Waals surface area contributed by atoms with Crippen LogP contribution in [0.4, 0.5) is 0 Å². The lowest BCUT2D eigenvalue weighted by Gasteiger charge is -2.16.